The van der Waals surface area contributed by atoms with Gasteiger partial charge in [-0.05, 0) is 55.8 Å². The summed E-state index contributed by atoms with van der Waals surface area (Å²) in [5, 5.41) is 19.1. The number of aliphatic hydroxyl groups excluding tert-OH is 2. The van der Waals surface area contributed by atoms with E-state index < -0.39 is 0 Å². The quantitative estimate of drug-likeness (QED) is 0.779. The molecule has 0 heterocycles. The maximum atomic E-state index is 9.57. The first-order valence-electron chi connectivity index (χ1n) is 6.58. The summed E-state index contributed by atoms with van der Waals surface area (Å²) in [6, 6.07) is 0. The molecule has 1 saturated carbocycles. The third-order valence-corrected chi connectivity index (χ3v) is 4.33. The summed E-state index contributed by atoms with van der Waals surface area (Å²) in [6.45, 7) is 8.97. The van der Waals surface area contributed by atoms with Crippen molar-refractivity contribution < 1.29 is 10.2 Å². The predicted molar refractivity (Wildman–Crippen MR) is 67.2 cm³/mol. The fourth-order valence-corrected chi connectivity index (χ4v) is 3.15. The molecule has 96 valence electrons. The third kappa shape index (κ3) is 3.46. The molecule has 1 atom stereocenters. The Hall–Kier alpha value is -0.0800. The van der Waals surface area contributed by atoms with Crippen molar-refractivity contribution in [1.82, 2.24) is 0 Å². The van der Waals surface area contributed by atoms with Gasteiger partial charge in [-0.2, -0.15) is 0 Å². The van der Waals surface area contributed by atoms with E-state index in [4.69, 9.17) is 0 Å². The van der Waals surface area contributed by atoms with Gasteiger partial charge in [-0.3, -0.25) is 0 Å². The highest BCUT2D eigenvalue weighted by Gasteiger charge is 2.38. The van der Waals surface area contributed by atoms with Crippen LogP contribution >= 0.6 is 0 Å². The van der Waals surface area contributed by atoms with Gasteiger partial charge < -0.3 is 10.2 Å². The predicted octanol–water partition coefficient (Wildman–Crippen LogP) is 2.97. The first-order chi connectivity index (χ1) is 7.29. The second-order valence-corrected chi connectivity index (χ2v) is 6.85. The van der Waals surface area contributed by atoms with Crippen LogP contribution in [0.2, 0.25) is 0 Å². The second-order valence-electron chi connectivity index (χ2n) is 6.85. The van der Waals surface area contributed by atoms with Gasteiger partial charge in [0.25, 0.3) is 0 Å². The molecular weight excluding hydrogens is 200 g/mol. The zero-order valence-corrected chi connectivity index (χ0v) is 11.3. The molecule has 0 spiro atoms. The highest BCUT2D eigenvalue weighted by atomic mass is 16.3. The summed E-state index contributed by atoms with van der Waals surface area (Å²) < 4.78 is 0. The van der Waals surface area contributed by atoms with E-state index >= 15 is 0 Å². The topological polar surface area (TPSA) is 40.5 Å². The Kier molecular flexibility index (Phi) is 4.42. The maximum Gasteiger partial charge on any atom is 0.0518 e. The zero-order valence-electron chi connectivity index (χ0n) is 11.3. The molecule has 0 aromatic heterocycles. The molecule has 0 radical (unpaired) electrons. The molecule has 2 N–H and O–H groups in total. The molecule has 0 aromatic carbocycles. The van der Waals surface area contributed by atoms with Gasteiger partial charge in [-0.1, -0.05) is 20.8 Å². The fraction of sp³-hybridized carbons (Fsp3) is 1.00. The van der Waals surface area contributed by atoms with E-state index in [-0.39, 0.29) is 18.1 Å². The lowest BCUT2D eigenvalue weighted by molar-refractivity contribution is 0.000447. The van der Waals surface area contributed by atoms with Crippen LogP contribution in [0.1, 0.15) is 59.8 Å². The lowest BCUT2D eigenvalue weighted by atomic mass is 9.63. The van der Waals surface area contributed by atoms with E-state index in [1.54, 1.807) is 0 Å². The molecule has 2 nitrogen and oxygen atoms in total. The Bertz CT molecular complexity index is 207. The van der Waals surface area contributed by atoms with Crippen LogP contribution in [-0.4, -0.2) is 22.9 Å². The summed E-state index contributed by atoms with van der Waals surface area (Å²) in [4.78, 5) is 0. The maximum absolute atomic E-state index is 9.57. The second kappa shape index (κ2) is 5.05. The van der Waals surface area contributed by atoms with Crippen molar-refractivity contribution in [3.05, 3.63) is 0 Å². The average Bonchev–Trinajstić information content (AvgIpc) is 2.16. The van der Waals surface area contributed by atoms with E-state index in [1.165, 1.54) is 12.8 Å². The molecule has 0 aromatic rings. The average molecular weight is 228 g/mol. The van der Waals surface area contributed by atoms with Crippen molar-refractivity contribution in [2.24, 2.45) is 16.7 Å². The SMILES string of the molecule is CC(O)CC1(CO)CCC(C(C)(C)C)CC1. The van der Waals surface area contributed by atoms with Crippen molar-refractivity contribution in [3.63, 3.8) is 0 Å². The van der Waals surface area contributed by atoms with Crippen LogP contribution in [-0.2, 0) is 0 Å². The zero-order chi connectivity index (χ0) is 12.4. The van der Waals surface area contributed by atoms with Crippen LogP contribution in [0, 0.1) is 16.7 Å². The monoisotopic (exact) mass is 228 g/mol. The van der Waals surface area contributed by atoms with E-state index in [0.717, 1.165) is 25.2 Å². The van der Waals surface area contributed by atoms with E-state index in [2.05, 4.69) is 20.8 Å². The lowest BCUT2D eigenvalue weighted by Crippen LogP contribution is -2.37. The molecule has 0 aliphatic heterocycles. The van der Waals surface area contributed by atoms with Gasteiger partial charge >= 0.3 is 0 Å². The van der Waals surface area contributed by atoms with Gasteiger partial charge in [0.1, 0.15) is 0 Å². The first-order valence-corrected chi connectivity index (χ1v) is 6.58. The summed E-state index contributed by atoms with van der Waals surface area (Å²) in [6.07, 6.45) is 4.97. The normalized spacial score (nSPS) is 33.8. The molecule has 1 aliphatic carbocycles. The van der Waals surface area contributed by atoms with Gasteiger partial charge in [-0.15, -0.1) is 0 Å². The third-order valence-electron chi connectivity index (χ3n) is 4.33. The minimum atomic E-state index is -0.293. The molecular formula is C14H28O2. The summed E-state index contributed by atoms with van der Waals surface area (Å²) in [5.74, 6) is 0.765. The van der Waals surface area contributed by atoms with E-state index in [9.17, 15) is 10.2 Å². The Morgan fingerprint density at radius 1 is 1.25 bits per heavy atom. The van der Waals surface area contributed by atoms with Crippen LogP contribution in [0.5, 0.6) is 0 Å². The largest absolute Gasteiger partial charge is 0.396 e. The van der Waals surface area contributed by atoms with Crippen molar-refractivity contribution in [2.75, 3.05) is 6.61 Å². The Morgan fingerprint density at radius 3 is 2.06 bits per heavy atom. The van der Waals surface area contributed by atoms with Gasteiger partial charge in [0.15, 0.2) is 0 Å². The summed E-state index contributed by atoms with van der Waals surface area (Å²) in [5.41, 5.74) is 0.377. The molecule has 16 heavy (non-hydrogen) atoms. The Morgan fingerprint density at radius 2 is 1.75 bits per heavy atom. The van der Waals surface area contributed by atoms with Crippen LogP contribution < -0.4 is 0 Å². The number of aliphatic hydroxyl groups is 2. The van der Waals surface area contributed by atoms with Crippen molar-refractivity contribution in [1.29, 1.82) is 0 Å². The summed E-state index contributed by atoms with van der Waals surface area (Å²) in [7, 11) is 0. The molecule has 1 rings (SSSR count). The van der Waals surface area contributed by atoms with Gasteiger partial charge in [0.2, 0.25) is 0 Å². The molecule has 1 unspecified atom stereocenters. The van der Waals surface area contributed by atoms with Crippen molar-refractivity contribution in [3.8, 4) is 0 Å². The highest BCUT2D eigenvalue weighted by molar-refractivity contribution is 4.89. The molecule has 0 amide bonds. The van der Waals surface area contributed by atoms with E-state index in [1.807, 2.05) is 6.92 Å². The highest BCUT2D eigenvalue weighted by Crippen LogP contribution is 2.47. The van der Waals surface area contributed by atoms with Crippen molar-refractivity contribution >= 4 is 0 Å². The Balaban J connectivity index is 2.57. The molecule has 1 aliphatic rings. The number of rotatable bonds is 3. The van der Waals surface area contributed by atoms with Gasteiger partial charge in [0, 0.05) is 6.61 Å². The molecule has 2 heteroatoms. The van der Waals surface area contributed by atoms with Gasteiger partial charge in [0.05, 0.1) is 6.10 Å². The first kappa shape index (κ1) is 14.0. The minimum absolute atomic E-state index is 0.00405. The minimum Gasteiger partial charge on any atom is -0.396 e. The summed E-state index contributed by atoms with van der Waals surface area (Å²) >= 11 is 0. The van der Waals surface area contributed by atoms with Crippen LogP contribution in [0.15, 0.2) is 0 Å². The van der Waals surface area contributed by atoms with Gasteiger partial charge in [-0.25, -0.2) is 0 Å². The van der Waals surface area contributed by atoms with Crippen molar-refractivity contribution in [2.45, 2.75) is 65.9 Å². The van der Waals surface area contributed by atoms with E-state index in [0.29, 0.717) is 5.41 Å². The Labute approximate surface area is 100 Å². The fourth-order valence-electron chi connectivity index (χ4n) is 3.15. The molecule has 0 saturated heterocycles. The van der Waals surface area contributed by atoms with Crippen LogP contribution in [0.25, 0.3) is 0 Å². The molecule has 1 fully saturated rings. The lowest BCUT2D eigenvalue weighted by Gasteiger charge is -2.43. The smallest absolute Gasteiger partial charge is 0.0518 e. The molecule has 0 bridgehead atoms. The standard InChI is InChI=1S/C14H28O2/c1-11(16)9-14(10-15)7-5-12(6-8-14)13(2,3)4/h11-12,15-16H,5-10H2,1-4H3. The number of hydrogen-bond acceptors (Lipinski definition) is 2. The number of hydrogen-bond donors (Lipinski definition) is 2. The van der Waals surface area contributed by atoms with Crippen LogP contribution in [0.4, 0.5) is 0 Å². The van der Waals surface area contributed by atoms with Crippen LogP contribution in [0.3, 0.4) is 0 Å².